The third-order valence-corrected chi connectivity index (χ3v) is 3.89. The number of amides is 1. The van der Waals surface area contributed by atoms with Gasteiger partial charge in [-0.15, -0.1) is 0 Å². The molecule has 0 bridgehead atoms. The molecule has 122 valence electrons. The zero-order valence-corrected chi connectivity index (χ0v) is 13.2. The molecule has 1 aliphatic rings. The van der Waals surface area contributed by atoms with Gasteiger partial charge in [0.1, 0.15) is 5.82 Å². The fraction of sp³-hybridized carbons (Fsp3) is 0.562. The van der Waals surface area contributed by atoms with Crippen LogP contribution in [0, 0.1) is 5.82 Å². The van der Waals surface area contributed by atoms with Crippen molar-refractivity contribution in [3.63, 3.8) is 0 Å². The predicted octanol–water partition coefficient (Wildman–Crippen LogP) is 1.01. The normalized spacial score (nSPS) is 17.5. The second kappa shape index (κ2) is 7.17. The van der Waals surface area contributed by atoms with E-state index < -0.39 is 5.54 Å². The van der Waals surface area contributed by atoms with E-state index in [0.717, 1.165) is 5.56 Å². The Bertz CT molecular complexity index is 528. The number of ether oxygens (including phenoxy) is 1. The Hall–Kier alpha value is -1.50. The van der Waals surface area contributed by atoms with Crippen LogP contribution >= 0.6 is 0 Å². The van der Waals surface area contributed by atoms with Gasteiger partial charge in [-0.2, -0.15) is 0 Å². The number of benzene rings is 1. The topological polar surface area (TPSA) is 67.6 Å². The highest BCUT2D eigenvalue weighted by Gasteiger charge is 2.35. The molecule has 0 saturated carbocycles. The van der Waals surface area contributed by atoms with Gasteiger partial charge in [0, 0.05) is 31.9 Å². The molecule has 2 rings (SSSR count). The van der Waals surface area contributed by atoms with Gasteiger partial charge in [0.2, 0.25) is 5.91 Å². The van der Waals surface area contributed by atoms with Crippen molar-refractivity contribution in [3.8, 4) is 0 Å². The fourth-order valence-electron chi connectivity index (χ4n) is 2.52. The Morgan fingerprint density at radius 3 is 2.73 bits per heavy atom. The average Bonchev–Trinajstić information content (AvgIpc) is 2.48. The van der Waals surface area contributed by atoms with E-state index in [9.17, 15) is 9.18 Å². The van der Waals surface area contributed by atoms with Crippen molar-refractivity contribution in [1.29, 1.82) is 0 Å². The zero-order chi connectivity index (χ0) is 16.2. The van der Waals surface area contributed by atoms with Gasteiger partial charge >= 0.3 is 0 Å². The predicted molar refractivity (Wildman–Crippen MR) is 82.6 cm³/mol. The maximum atomic E-state index is 13.7. The highest BCUT2D eigenvalue weighted by Crippen LogP contribution is 2.18. The number of carbonyl (C=O) groups excluding carboxylic acids is 1. The quantitative estimate of drug-likeness (QED) is 0.852. The number of nitrogens with zero attached hydrogens (tertiary/aromatic N) is 1. The number of nitrogens with two attached hydrogens (primary N) is 1. The lowest BCUT2D eigenvalue weighted by Gasteiger charge is -2.31. The standard InChI is InChI=1S/C16H24FN3O2/c1-20(2)11-13-9-12(3-4-14(13)17)10-19-15(21)16(18)5-7-22-8-6-16/h3-4,9H,5-8,10-11,18H2,1-2H3,(H,19,21). The number of halogens is 1. The summed E-state index contributed by atoms with van der Waals surface area (Å²) in [5.74, 6) is -0.405. The van der Waals surface area contributed by atoms with Crippen LogP contribution in [0.4, 0.5) is 4.39 Å². The van der Waals surface area contributed by atoms with Gasteiger partial charge in [0.05, 0.1) is 5.54 Å². The molecule has 1 fully saturated rings. The van der Waals surface area contributed by atoms with Crippen LogP contribution in [0.2, 0.25) is 0 Å². The lowest BCUT2D eigenvalue weighted by atomic mass is 9.90. The number of rotatable bonds is 5. The average molecular weight is 309 g/mol. The van der Waals surface area contributed by atoms with Gasteiger partial charge in [-0.1, -0.05) is 6.07 Å². The van der Waals surface area contributed by atoms with Crippen LogP contribution in [-0.4, -0.2) is 43.7 Å². The summed E-state index contributed by atoms with van der Waals surface area (Å²) in [6.45, 7) is 1.88. The summed E-state index contributed by atoms with van der Waals surface area (Å²) in [5, 5.41) is 2.85. The minimum atomic E-state index is -0.856. The van der Waals surface area contributed by atoms with Crippen molar-refractivity contribution in [2.75, 3.05) is 27.3 Å². The molecule has 0 aliphatic carbocycles. The molecule has 22 heavy (non-hydrogen) atoms. The first kappa shape index (κ1) is 16.9. The Balaban J connectivity index is 1.97. The molecule has 6 heteroatoms. The van der Waals surface area contributed by atoms with Crippen LogP contribution in [0.1, 0.15) is 24.0 Å². The molecule has 0 aromatic heterocycles. The molecular formula is C16H24FN3O2. The van der Waals surface area contributed by atoms with Gasteiger partial charge in [-0.25, -0.2) is 4.39 Å². The van der Waals surface area contributed by atoms with Gasteiger partial charge in [0.25, 0.3) is 0 Å². The molecular weight excluding hydrogens is 285 g/mol. The second-order valence-electron chi connectivity index (χ2n) is 6.11. The van der Waals surface area contributed by atoms with Gasteiger partial charge in [0.15, 0.2) is 0 Å². The van der Waals surface area contributed by atoms with Crippen molar-refractivity contribution in [2.24, 2.45) is 5.73 Å². The summed E-state index contributed by atoms with van der Waals surface area (Å²) in [4.78, 5) is 14.1. The SMILES string of the molecule is CN(C)Cc1cc(CNC(=O)C2(N)CCOCC2)ccc1F. The second-order valence-corrected chi connectivity index (χ2v) is 6.11. The molecule has 5 nitrogen and oxygen atoms in total. The maximum absolute atomic E-state index is 13.7. The number of carbonyl (C=O) groups is 1. The Morgan fingerprint density at radius 1 is 1.41 bits per heavy atom. The molecule has 1 aliphatic heterocycles. The summed E-state index contributed by atoms with van der Waals surface area (Å²) in [7, 11) is 3.77. The summed E-state index contributed by atoms with van der Waals surface area (Å²) >= 11 is 0. The van der Waals surface area contributed by atoms with Crippen LogP contribution in [0.5, 0.6) is 0 Å². The lowest BCUT2D eigenvalue weighted by Crippen LogP contribution is -2.56. The Labute approximate surface area is 130 Å². The smallest absolute Gasteiger partial charge is 0.240 e. The first-order valence-corrected chi connectivity index (χ1v) is 7.48. The third kappa shape index (κ3) is 4.25. The van der Waals surface area contributed by atoms with Crippen LogP contribution in [-0.2, 0) is 22.6 Å². The van der Waals surface area contributed by atoms with Crippen molar-refractivity contribution in [3.05, 3.63) is 35.1 Å². The largest absolute Gasteiger partial charge is 0.381 e. The van der Waals surface area contributed by atoms with Crippen molar-refractivity contribution < 1.29 is 13.9 Å². The van der Waals surface area contributed by atoms with E-state index >= 15 is 0 Å². The van der Waals surface area contributed by atoms with Crippen molar-refractivity contribution in [1.82, 2.24) is 10.2 Å². The molecule has 0 radical (unpaired) electrons. The van der Waals surface area contributed by atoms with Gasteiger partial charge in [-0.3, -0.25) is 4.79 Å². The van der Waals surface area contributed by atoms with E-state index in [2.05, 4.69) is 5.32 Å². The summed E-state index contributed by atoms with van der Waals surface area (Å²) < 4.78 is 19.0. The highest BCUT2D eigenvalue weighted by molar-refractivity contribution is 5.86. The number of hydrogen-bond donors (Lipinski definition) is 2. The van der Waals surface area contributed by atoms with Gasteiger partial charge in [-0.05, 0) is 44.6 Å². The molecule has 1 aromatic carbocycles. The third-order valence-electron chi connectivity index (χ3n) is 3.89. The molecule has 0 atom stereocenters. The van der Waals surface area contributed by atoms with E-state index in [1.807, 2.05) is 19.0 Å². The maximum Gasteiger partial charge on any atom is 0.240 e. The first-order valence-electron chi connectivity index (χ1n) is 7.48. The Kier molecular flexibility index (Phi) is 5.50. The molecule has 1 aromatic rings. The van der Waals surface area contributed by atoms with Crippen molar-refractivity contribution in [2.45, 2.75) is 31.5 Å². The van der Waals surface area contributed by atoms with E-state index in [1.54, 1.807) is 12.1 Å². The fourth-order valence-corrected chi connectivity index (χ4v) is 2.52. The van der Waals surface area contributed by atoms with Crippen LogP contribution in [0.3, 0.4) is 0 Å². The van der Waals surface area contributed by atoms with Crippen LogP contribution in [0.25, 0.3) is 0 Å². The molecule has 0 unspecified atom stereocenters. The van der Waals surface area contributed by atoms with E-state index in [-0.39, 0.29) is 11.7 Å². The zero-order valence-electron chi connectivity index (χ0n) is 13.2. The minimum Gasteiger partial charge on any atom is -0.381 e. The lowest BCUT2D eigenvalue weighted by molar-refractivity contribution is -0.129. The molecule has 0 spiro atoms. The van der Waals surface area contributed by atoms with Gasteiger partial charge < -0.3 is 20.7 Å². The first-order chi connectivity index (χ1) is 10.4. The highest BCUT2D eigenvalue weighted by atomic mass is 19.1. The van der Waals surface area contributed by atoms with E-state index in [4.69, 9.17) is 10.5 Å². The van der Waals surface area contributed by atoms with Crippen LogP contribution < -0.4 is 11.1 Å². The molecule has 1 saturated heterocycles. The summed E-state index contributed by atoms with van der Waals surface area (Å²) in [6.07, 6.45) is 1.04. The van der Waals surface area contributed by atoms with Crippen molar-refractivity contribution >= 4 is 5.91 Å². The molecule has 1 heterocycles. The molecule has 1 amide bonds. The number of hydrogen-bond acceptors (Lipinski definition) is 4. The molecule has 3 N–H and O–H groups in total. The van der Waals surface area contributed by atoms with E-state index in [0.29, 0.717) is 44.7 Å². The minimum absolute atomic E-state index is 0.172. The Morgan fingerprint density at radius 2 is 2.09 bits per heavy atom. The van der Waals surface area contributed by atoms with E-state index in [1.165, 1.54) is 6.07 Å². The summed E-state index contributed by atoms with van der Waals surface area (Å²) in [5.41, 5.74) is 6.75. The monoisotopic (exact) mass is 309 g/mol. The van der Waals surface area contributed by atoms with Crippen LogP contribution in [0.15, 0.2) is 18.2 Å². The number of nitrogens with one attached hydrogen (secondary N) is 1. The summed E-state index contributed by atoms with van der Waals surface area (Å²) in [6, 6.07) is 4.90.